The Balaban J connectivity index is 1.41. The standard InChI is InChI=1S/C20H23N3O4/c1-2-26-18(25)16-13-27-19(21-16)23-10-8-20(9-11-23)12-15(17(24)22-20)14-6-4-3-5-7-14/h3-7,13,15H,2,8-12H2,1H3,(H,22,24). The van der Waals surface area contributed by atoms with E-state index in [0.717, 1.165) is 24.8 Å². The van der Waals surface area contributed by atoms with Gasteiger partial charge < -0.3 is 19.4 Å². The van der Waals surface area contributed by atoms with E-state index in [0.29, 0.717) is 25.7 Å². The number of carbonyl (C=O) groups excluding carboxylic acids is 2. The number of anilines is 1. The molecule has 0 radical (unpaired) electrons. The molecule has 142 valence electrons. The van der Waals surface area contributed by atoms with E-state index in [1.54, 1.807) is 6.92 Å². The van der Waals surface area contributed by atoms with Gasteiger partial charge in [-0.25, -0.2) is 4.79 Å². The van der Waals surface area contributed by atoms with Crippen molar-refractivity contribution < 1.29 is 18.7 Å². The van der Waals surface area contributed by atoms with Gasteiger partial charge in [0.05, 0.1) is 12.5 Å². The number of hydrogen-bond donors (Lipinski definition) is 1. The van der Waals surface area contributed by atoms with Gasteiger partial charge in [-0.2, -0.15) is 4.98 Å². The van der Waals surface area contributed by atoms with Crippen LogP contribution in [0.4, 0.5) is 6.01 Å². The smallest absolute Gasteiger partial charge is 0.360 e. The van der Waals surface area contributed by atoms with Crippen molar-refractivity contribution in [1.82, 2.24) is 10.3 Å². The maximum absolute atomic E-state index is 12.5. The van der Waals surface area contributed by atoms with Crippen molar-refractivity contribution in [3.8, 4) is 0 Å². The Labute approximate surface area is 157 Å². The molecule has 1 aromatic heterocycles. The first-order valence-corrected chi connectivity index (χ1v) is 9.35. The van der Waals surface area contributed by atoms with Gasteiger partial charge in [-0.1, -0.05) is 30.3 Å². The SMILES string of the molecule is CCOC(=O)c1coc(N2CCC3(CC2)CC(c2ccccc2)C(=O)N3)n1. The Hall–Kier alpha value is -2.83. The summed E-state index contributed by atoms with van der Waals surface area (Å²) in [6.45, 7) is 3.48. The van der Waals surface area contributed by atoms with E-state index in [1.807, 2.05) is 35.2 Å². The highest BCUT2D eigenvalue weighted by atomic mass is 16.5. The molecule has 1 spiro atoms. The molecule has 27 heavy (non-hydrogen) atoms. The molecular formula is C20H23N3O4. The third-order valence-corrected chi connectivity index (χ3v) is 5.47. The zero-order valence-corrected chi connectivity index (χ0v) is 15.3. The Bertz CT molecular complexity index is 825. The van der Waals surface area contributed by atoms with E-state index in [-0.39, 0.29) is 23.1 Å². The van der Waals surface area contributed by atoms with Gasteiger partial charge in [-0.05, 0) is 31.7 Å². The maximum atomic E-state index is 12.5. The van der Waals surface area contributed by atoms with E-state index < -0.39 is 5.97 Å². The lowest BCUT2D eigenvalue weighted by Gasteiger charge is -2.38. The number of nitrogens with zero attached hydrogens (tertiary/aromatic N) is 2. The maximum Gasteiger partial charge on any atom is 0.360 e. The number of ether oxygens (including phenoxy) is 1. The van der Waals surface area contributed by atoms with Gasteiger partial charge in [-0.3, -0.25) is 4.79 Å². The fourth-order valence-corrected chi connectivity index (χ4v) is 4.00. The van der Waals surface area contributed by atoms with Crippen LogP contribution in [0.3, 0.4) is 0 Å². The van der Waals surface area contributed by atoms with Crippen LogP contribution < -0.4 is 10.2 Å². The summed E-state index contributed by atoms with van der Waals surface area (Å²) in [4.78, 5) is 30.5. The van der Waals surface area contributed by atoms with Crippen LogP contribution in [0.25, 0.3) is 0 Å². The van der Waals surface area contributed by atoms with Crippen LogP contribution in [-0.4, -0.2) is 42.1 Å². The minimum Gasteiger partial charge on any atom is -0.461 e. The summed E-state index contributed by atoms with van der Waals surface area (Å²) in [7, 11) is 0. The summed E-state index contributed by atoms with van der Waals surface area (Å²) >= 11 is 0. The van der Waals surface area contributed by atoms with Crippen LogP contribution in [0.15, 0.2) is 41.0 Å². The van der Waals surface area contributed by atoms with Gasteiger partial charge in [-0.15, -0.1) is 0 Å². The van der Waals surface area contributed by atoms with Crippen LogP contribution in [0.2, 0.25) is 0 Å². The average Bonchev–Trinajstić information content (AvgIpc) is 3.29. The van der Waals surface area contributed by atoms with Crippen molar-refractivity contribution in [1.29, 1.82) is 0 Å². The quantitative estimate of drug-likeness (QED) is 0.834. The fraction of sp³-hybridized carbons (Fsp3) is 0.450. The van der Waals surface area contributed by atoms with Crippen molar-refractivity contribution in [2.45, 2.75) is 37.6 Å². The Morgan fingerprint density at radius 2 is 2.07 bits per heavy atom. The molecular weight excluding hydrogens is 346 g/mol. The average molecular weight is 369 g/mol. The molecule has 0 saturated carbocycles. The predicted octanol–water partition coefficient (Wildman–Crippen LogP) is 2.49. The number of esters is 1. The second-order valence-corrected chi connectivity index (χ2v) is 7.16. The molecule has 7 heteroatoms. The number of oxazole rings is 1. The lowest BCUT2D eigenvalue weighted by atomic mass is 9.82. The minimum atomic E-state index is -0.477. The summed E-state index contributed by atoms with van der Waals surface area (Å²) in [6, 6.07) is 10.4. The van der Waals surface area contributed by atoms with Crippen LogP contribution in [0, 0.1) is 0 Å². The Kier molecular flexibility index (Phi) is 4.59. The second-order valence-electron chi connectivity index (χ2n) is 7.16. The number of benzene rings is 1. The molecule has 0 aliphatic carbocycles. The zero-order valence-electron chi connectivity index (χ0n) is 15.3. The van der Waals surface area contributed by atoms with Crippen LogP contribution in [0.5, 0.6) is 0 Å². The molecule has 2 aliphatic rings. The highest BCUT2D eigenvalue weighted by Crippen LogP contribution is 2.39. The highest BCUT2D eigenvalue weighted by Gasteiger charge is 2.46. The van der Waals surface area contributed by atoms with Gasteiger partial charge in [0.15, 0.2) is 5.69 Å². The molecule has 1 aromatic carbocycles. The molecule has 0 bridgehead atoms. The lowest BCUT2D eigenvalue weighted by Crippen LogP contribution is -2.51. The van der Waals surface area contributed by atoms with E-state index in [4.69, 9.17) is 9.15 Å². The van der Waals surface area contributed by atoms with Gasteiger partial charge >= 0.3 is 5.97 Å². The molecule has 2 fully saturated rings. The van der Waals surface area contributed by atoms with Gasteiger partial charge in [0, 0.05) is 18.6 Å². The number of amides is 1. The number of hydrogen-bond acceptors (Lipinski definition) is 6. The van der Waals surface area contributed by atoms with Crippen LogP contribution in [0.1, 0.15) is 48.2 Å². The second kappa shape index (κ2) is 7.06. The summed E-state index contributed by atoms with van der Waals surface area (Å²) < 4.78 is 10.4. The molecule has 1 atom stereocenters. The highest BCUT2D eigenvalue weighted by molar-refractivity contribution is 5.87. The summed E-state index contributed by atoms with van der Waals surface area (Å²) in [6.07, 6.45) is 3.78. The summed E-state index contributed by atoms with van der Waals surface area (Å²) in [5.74, 6) is -0.458. The number of rotatable bonds is 4. The van der Waals surface area contributed by atoms with E-state index >= 15 is 0 Å². The van der Waals surface area contributed by atoms with E-state index in [9.17, 15) is 9.59 Å². The first kappa shape index (κ1) is 17.6. The fourth-order valence-electron chi connectivity index (χ4n) is 4.00. The van der Waals surface area contributed by atoms with E-state index in [1.165, 1.54) is 6.26 Å². The Morgan fingerprint density at radius 3 is 2.78 bits per heavy atom. The van der Waals surface area contributed by atoms with Gasteiger partial charge in [0.2, 0.25) is 5.91 Å². The summed E-state index contributed by atoms with van der Waals surface area (Å²) in [5.41, 5.74) is 1.08. The molecule has 1 amide bonds. The molecule has 2 aliphatic heterocycles. The van der Waals surface area contributed by atoms with Crippen molar-refractivity contribution >= 4 is 17.9 Å². The third-order valence-electron chi connectivity index (χ3n) is 5.47. The van der Waals surface area contributed by atoms with Crippen molar-refractivity contribution in [3.63, 3.8) is 0 Å². The van der Waals surface area contributed by atoms with Crippen LogP contribution >= 0.6 is 0 Å². The first-order chi connectivity index (χ1) is 13.1. The van der Waals surface area contributed by atoms with Crippen molar-refractivity contribution in [2.24, 2.45) is 0 Å². The van der Waals surface area contributed by atoms with Gasteiger partial charge in [0.25, 0.3) is 6.01 Å². The normalized spacial score (nSPS) is 21.3. The molecule has 2 saturated heterocycles. The monoisotopic (exact) mass is 369 g/mol. The summed E-state index contributed by atoms with van der Waals surface area (Å²) in [5, 5.41) is 3.24. The number of piperidine rings is 1. The molecule has 1 unspecified atom stereocenters. The number of nitrogens with one attached hydrogen (secondary N) is 1. The first-order valence-electron chi connectivity index (χ1n) is 9.35. The molecule has 1 N–H and O–H groups in total. The van der Waals surface area contributed by atoms with Gasteiger partial charge in [0.1, 0.15) is 6.26 Å². The molecule has 7 nitrogen and oxygen atoms in total. The lowest BCUT2D eigenvalue weighted by molar-refractivity contribution is -0.121. The number of carbonyl (C=O) groups is 2. The van der Waals surface area contributed by atoms with Crippen molar-refractivity contribution in [2.75, 3.05) is 24.6 Å². The largest absolute Gasteiger partial charge is 0.461 e. The van der Waals surface area contributed by atoms with Crippen molar-refractivity contribution in [3.05, 3.63) is 47.9 Å². The molecule has 3 heterocycles. The van der Waals surface area contributed by atoms with E-state index in [2.05, 4.69) is 10.3 Å². The number of aromatic nitrogens is 1. The molecule has 2 aromatic rings. The zero-order chi connectivity index (χ0) is 18.9. The molecule has 4 rings (SSSR count). The van der Waals surface area contributed by atoms with Crippen LogP contribution in [-0.2, 0) is 9.53 Å². The predicted molar refractivity (Wildman–Crippen MR) is 98.6 cm³/mol. The minimum absolute atomic E-state index is 0.0881. The topological polar surface area (TPSA) is 84.7 Å². The third kappa shape index (κ3) is 3.41. The Morgan fingerprint density at radius 1 is 1.33 bits per heavy atom.